The van der Waals surface area contributed by atoms with Crippen molar-refractivity contribution in [3.05, 3.63) is 35.6 Å². The van der Waals surface area contributed by atoms with Gasteiger partial charge in [-0.25, -0.2) is 9.18 Å². The molecule has 3 nitrogen and oxygen atoms in total. The lowest BCUT2D eigenvalue weighted by Gasteiger charge is -2.02. The molecule has 76 valence electrons. The van der Waals surface area contributed by atoms with Crippen molar-refractivity contribution in [3.63, 3.8) is 0 Å². The molecule has 0 aliphatic rings. The van der Waals surface area contributed by atoms with Crippen molar-refractivity contribution >= 4 is 5.97 Å². The Morgan fingerprint density at radius 2 is 2.00 bits per heavy atom. The Morgan fingerprint density at radius 3 is 2.57 bits per heavy atom. The minimum absolute atomic E-state index is 0.0172. The van der Waals surface area contributed by atoms with E-state index < -0.39 is 11.8 Å². The number of rotatable bonds is 4. The number of carbonyl (C=O) groups is 1. The van der Waals surface area contributed by atoms with Gasteiger partial charge in [-0.2, -0.15) is 0 Å². The molecule has 0 aromatic heterocycles. The van der Waals surface area contributed by atoms with E-state index in [0.717, 1.165) is 0 Å². The van der Waals surface area contributed by atoms with Gasteiger partial charge in [0.2, 0.25) is 0 Å². The molecule has 0 saturated carbocycles. The van der Waals surface area contributed by atoms with Crippen LogP contribution in [-0.2, 0) is 4.74 Å². The van der Waals surface area contributed by atoms with Crippen LogP contribution in [-0.4, -0.2) is 24.3 Å². The maximum atomic E-state index is 12.5. The first kappa shape index (κ1) is 10.7. The van der Waals surface area contributed by atoms with Crippen molar-refractivity contribution in [1.29, 1.82) is 0 Å². The SMILES string of the molecule is O=C(OCCCO)c1ccc(F)cc1. The Labute approximate surface area is 81.1 Å². The third kappa shape index (κ3) is 3.14. The largest absolute Gasteiger partial charge is 0.462 e. The molecule has 14 heavy (non-hydrogen) atoms. The van der Waals surface area contributed by atoms with Crippen LogP contribution in [0.4, 0.5) is 4.39 Å². The van der Waals surface area contributed by atoms with E-state index in [0.29, 0.717) is 12.0 Å². The summed E-state index contributed by atoms with van der Waals surface area (Å²) in [5.74, 6) is -0.893. The summed E-state index contributed by atoms with van der Waals surface area (Å²) in [5.41, 5.74) is 0.310. The van der Waals surface area contributed by atoms with E-state index >= 15 is 0 Å². The second kappa shape index (κ2) is 5.34. The first-order valence-corrected chi connectivity index (χ1v) is 4.27. The third-order valence-corrected chi connectivity index (χ3v) is 1.62. The Hall–Kier alpha value is -1.42. The highest BCUT2D eigenvalue weighted by Gasteiger charge is 2.05. The molecule has 0 bridgehead atoms. The van der Waals surface area contributed by atoms with Crippen molar-refractivity contribution in [1.82, 2.24) is 0 Å². The fraction of sp³-hybridized carbons (Fsp3) is 0.300. The molecule has 4 heteroatoms. The molecule has 1 aromatic carbocycles. The fourth-order valence-electron chi connectivity index (χ4n) is 0.899. The number of hydrogen-bond donors (Lipinski definition) is 1. The van der Waals surface area contributed by atoms with Crippen LogP contribution >= 0.6 is 0 Å². The highest BCUT2D eigenvalue weighted by atomic mass is 19.1. The molecule has 0 aliphatic heterocycles. The number of esters is 1. The molecule has 1 N–H and O–H groups in total. The van der Waals surface area contributed by atoms with Crippen molar-refractivity contribution in [2.75, 3.05) is 13.2 Å². The van der Waals surface area contributed by atoms with Crippen LogP contribution in [0.1, 0.15) is 16.8 Å². The Bertz CT molecular complexity index is 295. The van der Waals surface area contributed by atoms with Crippen LogP contribution in [0, 0.1) is 5.82 Å². The topological polar surface area (TPSA) is 46.5 Å². The number of benzene rings is 1. The van der Waals surface area contributed by atoms with Crippen LogP contribution in [0.2, 0.25) is 0 Å². The number of carbonyl (C=O) groups excluding carboxylic acids is 1. The lowest BCUT2D eigenvalue weighted by Crippen LogP contribution is -2.07. The third-order valence-electron chi connectivity index (χ3n) is 1.62. The summed E-state index contributed by atoms with van der Waals surface area (Å²) in [7, 11) is 0. The standard InChI is InChI=1S/C10H11FO3/c11-9-4-2-8(3-5-9)10(13)14-7-1-6-12/h2-5,12H,1,6-7H2. The molecule has 0 saturated heterocycles. The van der Waals surface area contributed by atoms with E-state index in [1.807, 2.05) is 0 Å². The second-order valence-corrected chi connectivity index (χ2v) is 2.72. The molecule has 0 unspecified atom stereocenters. The van der Waals surface area contributed by atoms with Gasteiger partial charge in [0.1, 0.15) is 5.82 Å². The van der Waals surface area contributed by atoms with Crippen LogP contribution < -0.4 is 0 Å². The van der Waals surface area contributed by atoms with E-state index in [1.54, 1.807) is 0 Å². The molecule has 0 heterocycles. The molecule has 0 radical (unpaired) electrons. The Morgan fingerprint density at radius 1 is 1.36 bits per heavy atom. The molecule has 0 spiro atoms. The number of hydrogen-bond acceptors (Lipinski definition) is 3. The highest BCUT2D eigenvalue weighted by Crippen LogP contribution is 2.04. The van der Waals surface area contributed by atoms with Crippen molar-refractivity contribution in [3.8, 4) is 0 Å². The van der Waals surface area contributed by atoms with Crippen molar-refractivity contribution in [2.24, 2.45) is 0 Å². The zero-order valence-electron chi connectivity index (χ0n) is 7.57. The monoisotopic (exact) mass is 198 g/mol. The predicted molar refractivity (Wildman–Crippen MR) is 48.4 cm³/mol. The predicted octanol–water partition coefficient (Wildman–Crippen LogP) is 1.36. The summed E-state index contributed by atoms with van der Waals surface area (Å²) in [4.78, 5) is 11.2. The van der Waals surface area contributed by atoms with E-state index in [9.17, 15) is 9.18 Å². The molecule has 0 atom stereocenters. The summed E-state index contributed by atoms with van der Waals surface area (Å²) in [5, 5.41) is 8.45. The quantitative estimate of drug-likeness (QED) is 0.587. The zero-order chi connectivity index (χ0) is 10.4. The summed E-state index contributed by atoms with van der Waals surface area (Å²) in [6, 6.07) is 5.11. The lowest BCUT2D eigenvalue weighted by molar-refractivity contribution is 0.0482. The maximum absolute atomic E-state index is 12.5. The Balaban J connectivity index is 2.48. The van der Waals surface area contributed by atoms with E-state index in [2.05, 4.69) is 0 Å². The average molecular weight is 198 g/mol. The van der Waals surface area contributed by atoms with Gasteiger partial charge in [-0.3, -0.25) is 0 Å². The summed E-state index contributed by atoms with van der Waals surface area (Å²) in [6.45, 7) is 0.156. The number of aliphatic hydroxyl groups excluding tert-OH is 1. The first-order valence-electron chi connectivity index (χ1n) is 4.27. The minimum Gasteiger partial charge on any atom is -0.462 e. The molecular formula is C10H11FO3. The summed E-state index contributed by atoms with van der Waals surface area (Å²) in [6.07, 6.45) is 0.410. The van der Waals surface area contributed by atoms with Gasteiger partial charge in [0.25, 0.3) is 0 Å². The number of halogens is 1. The van der Waals surface area contributed by atoms with Gasteiger partial charge in [-0.1, -0.05) is 0 Å². The number of ether oxygens (including phenoxy) is 1. The van der Waals surface area contributed by atoms with E-state index in [-0.39, 0.29) is 13.2 Å². The van der Waals surface area contributed by atoms with Crippen LogP contribution in [0.15, 0.2) is 24.3 Å². The lowest BCUT2D eigenvalue weighted by atomic mass is 10.2. The molecule has 0 amide bonds. The van der Waals surface area contributed by atoms with E-state index in [1.165, 1.54) is 24.3 Å². The van der Waals surface area contributed by atoms with Crippen LogP contribution in [0.5, 0.6) is 0 Å². The summed E-state index contributed by atoms with van der Waals surface area (Å²) >= 11 is 0. The second-order valence-electron chi connectivity index (χ2n) is 2.72. The van der Waals surface area contributed by atoms with E-state index in [4.69, 9.17) is 9.84 Å². The van der Waals surface area contributed by atoms with Crippen molar-refractivity contribution < 1.29 is 19.0 Å². The molecule has 1 aromatic rings. The number of aliphatic hydroxyl groups is 1. The van der Waals surface area contributed by atoms with Gasteiger partial charge in [-0.05, 0) is 24.3 Å². The van der Waals surface area contributed by atoms with Crippen molar-refractivity contribution in [2.45, 2.75) is 6.42 Å². The van der Waals surface area contributed by atoms with Gasteiger partial charge in [0, 0.05) is 13.0 Å². The minimum atomic E-state index is -0.501. The van der Waals surface area contributed by atoms with Gasteiger partial charge in [0.15, 0.2) is 0 Å². The highest BCUT2D eigenvalue weighted by molar-refractivity contribution is 5.89. The normalized spacial score (nSPS) is 9.86. The van der Waals surface area contributed by atoms with Crippen LogP contribution in [0.3, 0.4) is 0 Å². The zero-order valence-corrected chi connectivity index (χ0v) is 7.57. The Kier molecular flexibility index (Phi) is 4.07. The maximum Gasteiger partial charge on any atom is 0.338 e. The van der Waals surface area contributed by atoms with Gasteiger partial charge >= 0.3 is 5.97 Å². The smallest absolute Gasteiger partial charge is 0.338 e. The summed E-state index contributed by atoms with van der Waals surface area (Å²) < 4.78 is 17.3. The molecule has 0 fully saturated rings. The molecular weight excluding hydrogens is 187 g/mol. The van der Waals surface area contributed by atoms with Gasteiger partial charge in [0.05, 0.1) is 12.2 Å². The average Bonchev–Trinajstić information content (AvgIpc) is 2.19. The fourth-order valence-corrected chi connectivity index (χ4v) is 0.899. The van der Waals surface area contributed by atoms with Gasteiger partial charge in [-0.15, -0.1) is 0 Å². The molecule has 1 rings (SSSR count). The van der Waals surface area contributed by atoms with Crippen LogP contribution in [0.25, 0.3) is 0 Å². The first-order chi connectivity index (χ1) is 6.74. The van der Waals surface area contributed by atoms with Gasteiger partial charge < -0.3 is 9.84 Å². The molecule has 0 aliphatic carbocycles.